The van der Waals surface area contributed by atoms with Gasteiger partial charge in [0.05, 0.1) is 12.5 Å². The molecule has 2 aliphatic heterocycles. The smallest absolute Gasteiger partial charge is 0.166 e. The van der Waals surface area contributed by atoms with Crippen LogP contribution in [0.15, 0.2) is 0 Å². The SMILES string of the molecule is NC(=S)N1CCC(N2CCOSC2)CC1. The highest BCUT2D eigenvalue weighted by Gasteiger charge is 2.26. The summed E-state index contributed by atoms with van der Waals surface area (Å²) in [5.74, 6) is 0.998. The minimum Gasteiger partial charge on any atom is -0.376 e. The number of hydrogen-bond acceptors (Lipinski definition) is 4. The van der Waals surface area contributed by atoms with Crippen molar-refractivity contribution in [2.75, 3.05) is 32.1 Å². The van der Waals surface area contributed by atoms with Crippen LogP contribution in [-0.2, 0) is 4.18 Å². The number of nitrogens with zero attached hydrogens (tertiary/aromatic N) is 2. The summed E-state index contributed by atoms with van der Waals surface area (Å²) in [6.45, 7) is 3.91. The monoisotopic (exact) mass is 247 g/mol. The molecule has 0 amide bonds. The number of nitrogens with two attached hydrogens (primary N) is 1. The van der Waals surface area contributed by atoms with Crippen LogP contribution in [0.1, 0.15) is 12.8 Å². The number of rotatable bonds is 1. The maximum atomic E-state index is 5.61. The summed E-state index contributed by atoms with van der Waals surface area (Å²) in [4.78, 5) is 4.60. The van der Waals surface area contributed by atoms with E-state index in [-0.39, 0.29) is 0 Å². The summed E-state index contributed by atoms with van der Waals surface area (Å²) < 4.78 is 5.27. The Labute approximate surface area is 100 Å². The fraction of sp³-hybridized carbons (Fsp3) is 0.889. The van der Waals surface area contributed by atoms with Gasteiger partial charge < -0.3 is 14.8 Å². The molecule has 2 aliphatic rings. The van der Waals surface area contributed by atoms with Crippen LogP contribution in [0.25, 0.3) is 0 Å². The van der Waals surface area contributed by atoms with Crippen LogP contribution in [0.3, 0.4) is 0 Å². The molecule has 0 bridgehead atoms. The van der Waals surface area contributed by atoms with E-state index in [1.807, 2.05) is 0 Å². The van der Waals surface area contributed by atoms with Gasteiger partial charge in [-0.15, -0.1) is 0 Å². The van der Waals surface area contributed by atoms with Crippen molar-refractivity contribution in [3.63, 3.8) is 0 Å². The topological polar surface area (TPSA) is 41.7 Å². The van der Waals surface area contributed by atoms with Gasteiger partial charge in [0.25, 0.3) is 0 Å². The Morgan fingerprint density at radius 3 is 2.60 bits per heavy atom. The predicted molar refractivity (Wildman–Crippen MR) is 66.5 cm³/mol. The van der Waals surface area contributed by atoms with Gasteiger partial charge in [-0.05, 0) is 25.1 Å². The van der Waals surface area contributed by atoms with E-state index >= 15 is 0 Å². The summed E-state index contributed by atoms with van der Waals surface area (Å²) in [6.07, 6.45) is 2.33. The molecular formula is C9H17N3OS2. The van der Waals surface area contributed by atoms with Gasteiger partial charge in [-0.1, -0.05) is 0 Å². The van der Waals surface area contributed by atoms with Gasteiger partial charge in [-0.2, -0.15) is 0 Å². The quantitative estimate of drug-likeness (QED) is 0.541. The minimum absolute atomic E-state index is 0.546. The Bertz CT molecular complexity index is 225. The Hall–Kier alpha value is -0.0400. The molecule has 2 N–H and O–H groups in total. The summed E-state index contributed by atoms with van der Waals surface area (Å²) in [5, 5.41) is 0.546. The van der Waals surface area contributed by atoms with E-state index in [1.165, 1.54) is 0 Å². The van der Waals surface area contributed by atoms with E-state index in [2.05, 4.69) is 9.80 Å². The Morgan fingerprint density at radius 1 is 1.33 bits per heavy atom. The summed E-state index contributed by atoms with van der Waals surface area (Å²) in [7, 11) is 0. The van der Waals surface area contributed by atoms with Crippen molar-refractivity contribution < 1.29 is 4.18 Å². The van der Waals surface area contributed by atoms with Crippen molar-refractivity contribution in [2.45, 2.75) is 18.9 Å². The number of thiocarbonyl (C=S) groups is 1. The second-order valence-corrected chi connectivity index (χ2v) is 5.09. The van der Waals surface area contributed by atoms with Crippen molar-refractivity contribution in [3.8, 4) is 0 Å². The molecule has 0 aliphatic carbocycles. The first kappa shape index (κ1) is 11.4. The lowest BCUT2D eigenvalue weighted by Gasteiger charge is -2.39. The molecule has 0 saturated carbocycles. The van der Waals surface area contributed by atoms with E-state index < -0.39 is 0 Å². The fourth-order valence-corrected chi connectivity index (χ4v) is 3.05. The van der Waals surface area contributed by atoms with E-state index in [1.54, 1.807) is 12.0 Å². The molecule has 2 saturated heterocycles. The van der Waals surface area contributed by atoms with Crippen LogP contribution in [0.5, 0.6) is 0 Å². The van der Waals surface area contributed by atoms with Gasteiger partial charge in [0.15, 0.2) is 5.11 Å². The first-order valence-corrected chi connectivity index (χ1v) is 6.62. The van der Waals surface area contributed by atoms with Crippen molar-refractivity contribution in [2.24, 2.45) is 5.73 Å². The van der Waals surface area contributed by atoms with Crippen LogP contribution in [-0.4, -0.2) is 53.1 Å². The predicted octanol–water partition coefficient (Wildman–Crippen LogP) is 0.632. The summed E-state index contributed by atoms with van der Waals surface area (Å²) in [5.41, 5.74) is 5.61. The van der Waals surface area contributed by atoms with Gasteiger partial charge in [0.1, 0.15) is 0 Å². The molecule has 0 aromatic carbocycles. The van der Waals surface area contributed by atoms with Crippen LogP contribution in [0.2, 0.25) is 0 Å². The third-order valence-electron chi connectivity index (χ3n) is 3.06. The highest BCUT2D eigenvalue weighted by molar-refractivity contribution is 7.94. The van der Waals surface area contributed by atoms with Crippen LogP contribution >= 0.6 is 24.3 Å². The van der Waals surface area contributed by atoms with Crippen LogP contribution in [0.4, 0.5) is 0 Å². The zero-order valence-electron chi connectivity index (χ0n) is 8.72. The van der Waals surface area contributed by atoms with Crippen LogP contribution in [0, 0.1) is 0 Å². The molecule has 2 fully saturated rings. The highest BCUT2D eigenvalue weighted by Crippen LogP contribution is 2.21. The lowest BCUT2D eigenvalue weighted by molar-refractivity contribution is 0.125. The average molecular weight is 247 g/mol. The molecule has 0 aromatic rings. The molecular weight excluding hydrogens is 230 g/mol. The number of hydrogen-bond donors (Lipinski definition) is 1. The Kier molecular flexibility index (Phi) is 4.07. The van der Waals surface area contributed by atoms with Crippen molar-refractivity contribution in [3.05, 3.63) is 0 Å². The third-order valence-corrected chi connectivity index (χ3v) is 4.08. The zero-order chi connectivity index (χ0) is 10.7. The van der Waals surface area contributed by atoms with Gasteiger partial charge in [-0.25, -0.2) is 0 Å². The van der Waals surface area contributed by atoms with Crippen molar-refractivity contribution >= 4 is 29.4 Å². The molecule has 0 aromatic heterocycles. The fourth-order valence-electron chi connectivity index (χ4n) is 2.12. The molecule has 0 atom stereocenters. The largest absolute Gasteiger partial charge is 0.376 e. The first-order chi connectivity index (χ1) is 7.27. The Morgan fingerprint density at radius 2 is 2.07 bits per heavy atom. The number of likely N-dealkylation sites (tertiary alicyclic amines) is 1. The maximum Gasteiger partial charge on any atom is 0.166 e. The molecule has 15 heavy (non-hydrogen) atoms. The average Bonchev–Trinajstić information content (AvgIpc) is 2.30. The van der Waals surface area contributed by atoms with Crippen molar-refractivity contribution in [1.82, 2.24) is 9.80 Å². The summed E-state index contributed by atoms with van der Waals surface area (Å²) in [6, 6.07) is 0.687. The van der Waals surface area contributed by atoms with E-state index in [4.69, 9.17) is 22.1 Å². The molecule has 6 heteroatoms. The van der Waals surface area contributed by atoms with E-state index in [9.17, 15) is 0 Å². The van der Waals surface area contributed by atoms with E-state index in [0.29, 0.717) is 11.2 Å². The molecule has 0 spiro atoms. The molecule has 86 valence electrons. The molecule has 2 heterocycles. The molecule has 0 unspecified atom stereocenters. The second kappa shape index (κ2) is 5.34. The first-order valence-electron chi connectivity index (χ1n) is 5.30. The van der Waals surface area contributed by atoms with Gasteiger partial charge in [0, 0.05) is 37.7 Å². The van der Waals surface area contributed by atoms with E-state index in [0.717, 1.165) is 45.0 Å². The molecule has 4 nitrogen and oxygen atoms in total. The normalized spacial score (nSPS) is 25.5. The van der Waals surface area contributed by atoms with Crippen LogP contribution < -0.4 is 5.73 Å². The molecule has 0 radical (unpaired) electrons. The molecule has 2 rings (SSSR count). The van der Waals surface area contributed by atoms with Gasteiger partial charge >= 0.3 is 0 Å². The third kappa shape index (κ3) is 2.96. The second-order valence-electron chi connectivity index (χ2n) is 3.94. The standard InChI is InChI=1S/C9H17N3OS2/c10-9(14)11-3-1-8(2-4-11)12-5-6-13-15-7-12/h8H,1-7H2,(H2,10,14). The van der Waals surface area contributed by atoms with Crippen molar-refractivity contribution in [1.29, 1.82) is 0 Å². The highest BCUT2D eigenvalue weighted by atomic mass is 32.2. The maximum absolute atomic E-state index is 5.61. The Balaban J connectivity index is 1.79. The van der Waals surface area contributed by atoms with Gasteiger partial charge in [-0.3, -0.25) is 4.90 Å². The minimum atomic E-state index is 0.546. The summed E-state index contributed by atoms with van der Waals surface area (Å²) >= 11 is 6.54. The number of piperidine rings is 1. The lowest BCUT2D eigenvalue weighted by atomic mass is 10.0. The lowest BCUT2D eigenvalue weighted by Crippen LogP contribution is -2.49. The zero-order valence-corrected chi connectivity index (χ0v) is 10.4. The van der Waals surface area contributed by atoms with Gasteiger partial charge in [0.2, 0.25) is 0 Å².